The van der Waals surface area contributed by atoms with E-state index in [1.807, 2.05) is 35.7 Å². The number of halogens is 2. The largest absolute Gasteiger partial charge is 0.454 e. The molecule has 0 unspecified atom stereocenters. The number of aromatic nitrogens is 3. The Labute approximate surface area is 180 Å². The van der Waals surface area contributed by atoms with Crippen molar-refractivity contribution >= 4 is 50.6 Å². The Hall–Kier alpha value is -2.92. The quantitative estimate of drug-likeness (QED) is 0.412. The molecule has 0 aliphatic carbocycles. The van der Waals surface area contributed by atoms with E-state index in [0.717, 1.165) is 28.0 Å². The van der Waals surface area contributed by atoms with Gasteiger partial charge in [0.25, 0.3) is 0 Å². The van der Waals surface area contributed by atoms with Crippen molar-refractivity contribution in [1.82, 2.24) is 15.0 Å². The van der Waals surface area contributed by atoms with Crippen LogP contribution < -0.4 is 10.1 Å². The standard InChI is InChI=1S/C20H13Cl2N5OS/c21-15-8-24-9-17(14(15)7-23)28-13-3-1-12(2-4-13)5-6-25-19-18-16(22)10-29-20(18)27-11-26-19/h1-4,8-11H,5-6H2,(H,25,26,27). The van der Waals surface area contributed by atoms with Gasteiger partial charge in [-0.25, -0.2) is 9.97 Å². The van der Waals surface area contributed by atoms with Crippen LogP contribution >= 0.6 is 34.5 Å². The molecule has 0 atom stereocenters. The molecule has 0 aliphatic rings. The smallest absolute Gasteiger partial charge is 0.164 e. The normalized spacial score (nSPS) is 10.7. The highest BCUT2D eigenvalue weighted by molar-refractivity contribution is 7.17. The number of benzene rings is 1. The van der Waals surface area contributed by atoms with Crippen molar-refractivity contribution in [2.24, 2.45) is 0 Å². The van der Waals surface area contributed by atoms with Gasteiger partial charge in [-0.1, -0.05) is 35.3 Å². The van der Waals surface area contributed by atoms with Crippen molar-refractivity contribution < 1.29 is 4.74 Å². The van der Waals surface area contributed by atoms with Crippen molar-refractivity contribution in [3.8, 4) is 17.6 Å². The number of nitriles is 1. The van der Waals surface area contributed by atoms with Crippen LogP contribution in [-0.4, -0.2) is 21.5 Å². The van der Waals surface area contributed by atoms with Crippen LogP contribution in [0.4, 0.5) is 5.82 Å². The van der Waals surface area contributed by atoms with Crippen LogP contribution in [0.5, 0.6) is 11.5 Å². The van der Waals surface area contributed by atoms with E-state index in [1.165, 1.54) is 30.1 Å². The highest BCUT2D eigenvalue weighted by Gasteiger charge is 2.11. The Kier molecular flexibility index (Phi) is 5.76. The number of pyridine rings is 1. The second-order valence-electron chi connectivity index (χ2n) is 6.02. The molecule has 0 fully saturated rings. The maximum Gasteiger partial charge on any atom is 0.164 e. The van der Waals surface area contributed by atoms with Gasteiger partial charge in [-0.05, 0) is 24.1 Å². The van der Waals surface area contributed by atoms with Gasteiger partial charge in [-0.2, -0.15) is 5.26 Å². The minimum atomic E-state index is 0.261. The Bertz CT molecular complexity index is 1200. The van der Waals surface area contributed by atoms with E-state index in [-0.39, 0.29) is 10.6 Å². The Balaban J connectivity index is 1.40. The lowest BCUT2D eigenvalue weighted by Crippen LogP contribution is -2.06. The summed E-state index contributed by atoms with van der Waals surface area (Å²) in [6.45, 7) is 0.690. The van der Waals surface area contributed by atoms with E-state index in [4.69, 9.17) is 27.9 Å². The third-order valence-corrected chi connectivity index (χ3v) is 5.76. The van der Waals surface area contributed by atoms with Crippen molar-refractivity contribution in [3.05, 3.63) is 69.5 Å². The predicted molar refractivity (Wildman–Crippen MR) is 115 cm³/mol. The fraction of sp³-hybridized carbons (Fsp3) is 0.100. The first-order valence-electron chi connectivity index (χ1n) is 8.57. The van der Waals surface area contributed by atoms with Gasteiger partial charge >= 0.3 is 0 Å². The molecular weight excluding hydrogens is 429 g/mol. The van der Waals surface area contributed by atoms with Crippen LogP contribution in [-0.2, 0) is 6.42 Å². The zero-order chi connectivity index (χ0) is 20.2. The van der Waals surface area contributed by atoms with E-state index in [1.54, 1.807) is 0 Å². The Morgan fingerprint density at radius 3 is 2.72 bits per heavy atom. The van der Waals surface area contributed by atoms with Crippen molar-refractivity contribution in [3.63, 3.8) is 0 Å². The first kappa shape index (κ1) is 19.4. The average molecular weight is 442 g/mol. The minimum Gasteiger partial charge on any atom is -0.454 e. The molecule has 4 aromatic rings. The first-order chi connectivity index (χ1) is 14.2. The SMILES string of the molecule is N#Cc1c(Cl)cncc1Oc1ccc(CCNc2ncnc3scc(Cl)c23)cc1. The lowest BCUT2D eigenvalue weighted by atomic mass is 10.1. The Morgan fingerprint density at radius 1 is 1.10 bits per heavy atom. The van der Waals surface area contributed by atoms with Gasteiger partial charge in [0.05, 0.1) is 21.6 Å². The second-order valence-corrected chi connectivity index (χ2v) is 7.69. The lowest BCUT2D eigenvalue weighted by molar-refractivity contribution is 0.478. The molecular formula is C20H13Cl2N5OS. The number of hydrogen-bond acceptors (Lipinski definition) is 7. The third kappa shape index (κ3) is 4.25. The molecule has 1 N–H and O–H groups in total. The molecule has 4 rings (SSSR count). The fourth-order valence-corrected chi connectivity index (χ4v) is 4.08. The predicted octanol–water partition coefficient (Wildman–Crippen LogP) is 5.71. The molecule has 6 nitrogen and oxygen atoms in total. The summed E-state index contributed by atoms with van der Waals surface area (Å²) < 4.78 is 5.75. The number of anilines is 1. The van der Waals surface area contributed by atoms with E-state index < -0.39 is 0 Å². The van der Waals surface area contributed by atoms with Gasteiger partial charge in [0, 0.05) is 18.1 Å². The molecule has 0 radical (unpaired) electrons. The fourth-order valence-electron chi connectivity index (χ4n) is 2.75. The topological polar surface area (TPSA) is 83.7 Å². The molecule has 0 saturated carbocycles. The van der Waals surface area contributed by atoms with Crippen molar-refractivity contribution in [2.75, 3.05) is 11.9 Å². The summed E-state index contributed by atoms with van der Waals surface area (Å²) in [6.07, 6.45) is 5.21. The summed E-state index contributed by atoms with van der Waals surface area (Å²) in [4.78, 5) is 13.3. The Morgan fingerprint density at radius 2 is 1.93 bits per heavy atom. The molecule has 0 saturated heterocycles. The number of ether oxygens (including phenoxy) is 1. The highest BCUT2D eigenvalue weighted by Crippen LogP contribution is 2.32. The highest BCUT2D eigenvalue weighted by atomic mass is 35.5. The van der Waals surface area contributed by atoms with Crippen LogP contribution in [0.1, 0.15) is 11.1 Å². The molecule has 0 bridgehead atoms. The number of rotatable bonds is 6. The van der Waals surface area contributed by atoms with E-state index in [2.05, 4.69) is 20.3 Å². The van der Waals surface area contributed by atoms with Gasteiger partial charge in [0.15, 0.2) is 5.75 Å². The summed E-state index contributed by atoms with van der Waals surface area (Å²) in [7, 11) is 0. The number of fused-ring (bicyclic) bond motifs is 1. The summed E-state index contributed by atoms with van der Waals surface area (Å²) >= 11 is 13.7. The number of thiophene rings is 1. The van der Waals surface area contributed by atoms with E-state index >= 15 is 0 Å². The summed E-state index contributed by atoms with van der Waals surface area (Å²) in [5.41, 5.74) is 1.38. The van der Waals surface area contributed by atoms with Gasteiger partial charge in [-0.15, -0.1) is 11.3 Å². The third-order valence-electron chi connectivity index (χ3n) is 4.16. The maximum absolute atomic E-state index is 9.22. The molecule has 3 heterocycles. The van der Waals surface area contributed by atoms with Crippen molar-refractivity contribution in [2.45, 2.75) is 6.42 Å². The number of nitrogens with zero attached hydrogens (tertiary/aromatic N) is 4. The molecule has 3 aromatic heterocycles. The molecule has 9 heteroatoms. The van der Waals surface area contributed by atoms with Crippen LogP contribution in [0.2, 0.25) is 10.0 Å². The average Bonchev–Trinajstić information content (AvgIpc) is 3.11. The van der Waals surface area contributed by atoms with Gasteiger partial charge in [-0.3, -0.25) is 4.98 Å². The van der Waals surface area contributed by atoms with Crippen LogP contribution in [0.25, 0.3) is 10.2 Å². The summed E-state index contributed by atoms with van der Waals surface area (Å²) in [6, 6.07) is 9.65. The molecule has 29 heavy (non-hydrogen) atoms. The van der Waals surface area contributed by atoms with Gasteiger partial charge in [0.2, 0.25) is 0 Å². The lowest BCUT2D eigenvalue weighted by Gasteiger charge is -2.09. The van der Waals surface area contributed by atoms with E-state index in [0.29, 0.717) is 23.1 Å². The van der Waals surface area contributed by atoms with Crippen LogP contribution in [0.3, 0.4) is 0 Å². The first-order valence-corrected chi connectivity index (χ1v) is 10.2. The number of hydrogen-bond donors (Lipinski definition) is 1. The monoisotopic (exact) mass is 441 g/mol. The molecule has 0 spiro atoms. The zero-order valence-electron chi connectivity index (χ0n) is 14.9. The molecule has 144 valence electrons. The maximum atomic E-state index is 9.22. The molecule has 0 amide bonds. The number of nitrogens with one attached hydrogen (secondary N) is 1. The second kappa shape index (κ2) is 8.62. The van der Waals surface area contributed by atoms with E-state index in [9.17, 15) is 5.26 Å². The minimum absolute atomic E-state index is 0.261. The van der Waals surface area contributed by atoms with Gasteiger partial charge in [0.1, 0.15) is 34.4 Å². The van der Waals surface area contributed by atoms with Crippen LogP contribution in [0.15, 0.2) is 48.4 Å². The summed E-state index contributed by atoms with van der Waals surface area (Å²) in [5.74, 6) is 1.67. The van der Waals surface area contributed by atoms with Crippen LogP contribution in [0, 0.1) is 11.3 Å². The van der Waals surface area contributed by atoms with Gasteiger partial charge < -0.3 is 10.1 Å². The summed E-state index contributed by atoms with van der Waals surface area (Å²) in [5, 5.41) is 16.2. The van der Waals surface area contributed by atoms with Crippen molar-refractivity contribution in [1.29, 1.82) is 5.26 Å². The zero-order valence-corrected chi connectivity index (χ0v) is 17.2. The molecule has 0 aliphatic heterocycles. The molecule has 1 aromatic carbocycles.